The molecule has 0 bridgehead atoms. The molecule has 15 heavy (non-hydrogen) atoms. The number of aromatic nitrogens is 1. The maximum absolute atomic E-state index is 12.2. The van der Waals surface area contributed by atoms with Gasteiger partial charge in [-0.1, -0.05) is 0 Å². The van der Waals surface area contributed by atoms with Crippen molar-refractivity contribution in [1.29, 1.82) is 0 Å². The van der Waals surface area contributed by atoms with E-state index in [1.807, 2.05) is 0 Å². The van der Waals surface area contributed by atoms with Crippen LogP contribution in [0.2, 0.25) is 0 Å². The zero-order valence-corrected chi connectivity index (χ0v) is 9.40. The van der Waals surface area contributed by atoms with Gasteiger partial charge in [0.1, 0.15) is 0 Å². The largest absolute Gasteiger partial charge is 0.311 e. The summed E-state index contributed by atoms with van der Waals surface area (Å²) < 4.78 is 46.0. The molecule has 1 rings (SSSR count). The van der Waals surface area contributed by atoms with Crippen molar-refractivity contribution in [2.45, 2.75) is 11.5 Å². The van der Waals surface area contributed by atoms with Gasteiger partial charge in [0, 0.05) is 0 Å². The Balaban J connectivity index is 3.53. The quantitative estimate of drug-likeness (QED) is 0.843. The van der Waals surface area contributed by atoms with Crippen LogP contribution in [-0.2, 0) is 10.0 Å². The number of hydrogen-bond donors (Lipinski definition) is 2. The standard InChI is InChI=1S/C6H5BrF2N2O3S/c7-3-1-2(4(8)9)5(12)11-6(3)15(10,13)14/h1,4H,(H,11,12)(H2,10,13,14). The highest BCUT2D eigenvalue weighted by atomic mass is 79.9. The van der Waals surface area contributed by atoms with E-state index in [1.54, 1.807) is 4.98 Å². The molecular formula is C6H5BrF2N2O3S. The second-order valence-electron chi connectivity index (χ2n) is 2.58. The van der Waals surface area contributed by atoms with Crippen LogP contribution >= 0.6 is 15.9 Å². The van der Waals surface area contributed by atoms with Crippen molar-refractivity contribution in [2.24, 2.45) is 5.14 Å². The van der Waals surface area contributed by atoms with E-state index in [0.717, 1.165) is 6.07 Å². The molecule has 0 fully saturated rings. The molecule has 5 nitrogen and oxygen atoms in total. The van der Waals surface area contributed by atoms with E-state index >= 15 is 0 Å². The SMILES string of the molecule is NS(=O)(=O)c1[nH]c(=O)c(C(F)F)cc1Br. The van der Waals surface area contributed by atoms with Gasteiger partial charge in [-0.3, -0.25) is 4.79 Å². The first-order valence-electron chi connectivity index (χ1n) is 3.47. The minimum atomic E-state index is -4.15. The number of nitrogens with two attached hydrogens (primary N) is 1. The first kappa shape index (κ1) is 12.3. The van der Waals surface area contributed by atoms with Crippen molar-refractivity contribution in [3.63, 3.8) is 0 Å². The maximum Gasteiger partial charge on any atom is 0.269 e. The fourth-order valence-corrected chi connectivity index (χ4v) is 2.46. The number of pyridine rings is 1. The van der Waals surface area contributed by atoms with Crippen LogP contribution < -0.4 is 10.7 Å². The molecule has 0 saturated carbocycles. The Morgan fingerprint density at radius 1 is 1.47 bits per heavy atom. The zero-order chi connectivity index (χ0) is 11.8. The number of sulfonamides is 1. The van der Waals surface area contributed by atoms with Gasteiger partial charge in [-0.05, 0) is 22.0 Å². The maximum atomic E-state index is 12.2. The molecule has 84 valence electrons. The Hall–Kier alpha value is -0.800. The van der Waals surface area contributed by atoms with Crippen LogP contribution in [0.15, 0.2) is 20.4 Å². The molecule has 0 aliphatic heterocycles. The van der Waals surface area contributed by atoms with Gasteiger partial charge in [0.25, 0.3) is 22.0 Å². The number of nitrogens with one attached hydrogen (secondary N) is 1. The zero-order valence-electron chi connectivity index (χ0n) is 7.00. The fraction of sp³-hybridized carbons (Fsp3) is 0.167. The van der Waals surface area contributed by atoms with E-state index in [9.17, 15) is 22.0 Å². The van der Waals surface area contributed by atoms with Gasteiger partial charge >= 0.3 is 0 Å². The molecule has 0 spiro atoms. The van der Waals surface area contributed by atoms with Crippen LogP contribution in [0.1, 0.15) is 12.0 Å². The van der Waals surface area contributed by atoms with Crippen LogP contribution in [0, 0.1) is 0 Å². The second kappa shape index (κ2) is 3.99. The molecule has 0 amide bonds. The van der Waals surface area contributed by atoms with Crippen molar-refractivity contribution in [2.75, 3.05) is 0 Å². The van der Waals surface area contributed by atoms with Gasteiger partial charge < -0.3 is 4.98 Å². The molecule has 0 saturated heterocycles. The Morgan fingerprint density at radius 2 is 2.00 bits per heavy atom. The normalized spacial score (nSPS) is 12.1. The molecule has 0 unspecified atom stereocenters. The summed E-state index contributed by atoms with van der Waals surface area (Å²) in [6.07, 6.45) is -2.99. The average Bonchev–Trinajstić information content (AvgIpc) is 2.06. The van der Waals surface area contributed by atoms with Crippen LogP contribution in [-0.4, -0.2) is 13.4 Å². The van der Waals surface area contributed by atoms with E-state index < -0.39 is 32.6 Å². The van der Waals surface area contributed by atoms with Crippen LogP contribution in [0.5, 0.6) is 0 Å². The lowest BCUT2D eigenvalue weighted by Crippen LogP contribution is -2.22. The predicted octanol–water partition coefficient (Wildman–Crippen LogP) is 0.722. The first-order valence-corrected chi connectivity index (χ1v) is 5.81. The molecule has 0 aliphatic carbocycles. The summed E-state index contributed by atoms with van der Waals surface area (Å²) in [5.74, 6) is 0. The minimum absolute atomic E-state index is 0.208. The highest BCUT2D eigenvalue weighted by molar-refractivity contribution is 9.10. The summed E-state index contributed by atoms with van der Waals surface area (Å²) in [4.78, 5) is 12.8. The van der Waals surface area contributed by atoms with Gasteiger partial charge in [0.05, 0.1) is 10.0 Å². The number of aromatic amines is 1. The highest BCUT2D eigenvalue weighted by Gasteiger charge is 2.19. The third-order valence-corrected chi connectivity index (χ3v) is 3.29. The minimum Gasteiger partial charge on any atom is -0.311 e. The van der Waals surface area contributed by atoms with Gasteiger partial charge in [0.2, 0.25) is 0 Å². The number of rotatable bonds is 2. The number of primary sulfonamides is 1. The number of alkyl halides is 2. The molecular weight excluding hydrogens is 298 g/mol. The summed E-state index contributed by atoms with van der Waals surface area (Å²) >= 11 is 2.72. The van der Waals surface area contributed by atoms with E-state index in [0.29, 0.717) is 0 Å². The molecule has 0 aliphatic rings. The molecule has 3 N–H and O–H groups in total. The third kappa shape index (κ3) is 2.61. The Bertz CT molecular complexity index is 540. The Labute approximate surface area is 91.5 Å². The molecule has 1 aromatic rings. The van der Waals surface area contributed by atoms with E-state index in [1.165, 1.54) is 0 Å². The number of hydrogen-bond acceptors (Lipinski definition) is 3. The summed E-state index contributed by atoms with van der Waals surface area (Å²) in [5, 5.41) is 4.11. The summed E-state index contributed by atoms with van der Waals surface area (Å²) in [5.41, 5.74) is -2.01. The van der Waals surface area contributed by atoms with Gasteiger partial charge in [0.15, 0.2) is 5.03 Å². The highest BCUT2D eigenvalue weighted by Crippen LogP contribution is 2.22. The predicted molar refractivity (Wildman–Crippen MR) is 51.1 cm³/mol. The topological polar surface area (TPSA) is 93.0 Å². The molecule has 0 aromatic carbocycles. The van der Waals surface area contributed by atoms with Crippen LogP contribution in [0.4, 0.5) is 8.78 Å². The van der Waals surface area contributed by atoms with Crippen LogP contribution in [0.25, 0.3) is 0 Å². The fourth-order valence-electron chi connectivity index (χ4n) is 0.872. The number of halogens is 3. The monoisotopic (exact) mass is 302 g/mol. The van der Waals surface area contributed by atoms with E-state index in [4.69, 9.17) is 5.14 Å². The first-order chi connectivity index (χ1) is 6.73. The molecule has 1 aromatic heterocycles. The smallest absolute Gasteiger partial charge is 0.269 e. The third-order valence-electron chi connectivity index (χ3n) is 1.51. The van der Waals surface area contributed by atoms with Crippen molar-refractivity contribution < 1.29 is 17.2 Å². The van der Waals surface area contributed by atoms with Crippen molar-refractivity contribution in [1.82, 2.24) is 4.98 Å². The van der Waals surface area contributed by atoms with Gasteiger partial charge in [-0.15, -0.1) is 0 Å². The Kier molecular flexibility index (Phi) is 3.26. The number of H-pyrrole nitrogens is 1. The van der Waals surface area contributed by atoms with Gasteiger partial charge in [-0.25, -0.2) is 22.3 Å². The van der Waals surface area contributed by atoms with Gasteiger partial charge in [-0.2, -0.15) is 0 Å². The summed E-state index contributed by atoms with van der Waals surface area (Å²) in [6.45, 7) is 0. The molecule has 0 radical (unpaired) electrons. The van der Waals surface area contributed by atoms with Crippen molar-refractivity contribution in [3.8, 4) is 0 Å². The molecule has 0 atom stereocenters. The van der Waals surface area contributed by atoms with Crippen LogP contribution in [0.3, 0.4) is 0 Å². The van der Waals surface area contributed by atoms with E-state index in [-0.39, 0.29) is 4.47 Å². The van der Waals surface area contributed by atoms with Crippen molar-refractivity contribution in [3.05, 3.63) is 26.5 Å². The van der Waals surface area contributed by atoms with Crippen molar-refractivity contribution >= 4 is 26.0 Å². The lowest BCUT2D eigenvalue weighted by atomic mass is 10.3. The second-order valence-corrected chi connectivity index (χ2v) is 4.93. The molecule has 9 heteroatoms. The Morgan fingerprint density at radius 3 is 2.40 bits per heavy atom. The lowest BCUT2D eigenvalue weighted by molar-refractivity contribution is 0.149. The van der Waals surface area contributed by atoms with E-state index in [2.05, 4.69) is 15.9 Å². The average molecular weight is 303 g/mol. The molecule has 1 heterocycles. The summed E-state index contributed by atoms with van der Waals surface area (Å²) in [6, 6.07) is 0.725. The lowest BCUT2D eigenvalue weighted by Gasteiger charge is -2.04. The summed E-state index contributed by atoms with van der Waals surface area (Å²) in [7, 11) is -4.15.